The van der Waals surface area contributed by atoms with E-state index in [1.807, 2.05) is 19.1 Å². The van der Waals surface area contributed by atoms with Gasteiger partial charge in [0.2, 0.25) is 11.9 Å². The zero-order valence-electron chi connectivity index (χ0n) is 9.47. The number of likely N-dealkylation sites (N-methyl/N-ethyl adjacent to an activating group) is 1. The first-order chi connectivity index (χ1) is 7.61. The molecule has 0 saturated carbocycles. The van der Waals surface area contributed by atoms with Crippen molar-refractivity contribution >= 4 is 11.7 Å². The first-order valence-electron chi connectivity index (χ1n) is 5.04. The summed E-state index contributed by atoms with van der Waals surface area (Å²) in [4.78, 5) is 22.4. The molecule has 5 heteroatoms. The van der Waals surface area contributed by atoms with Gasteiger partial charge in [0.15, 0.2) is 0 Å². The first kappa shape index (κ1) is 10.6. The van der Waals surface area contributed by atoms with E-state index in [2.05, 4.69) is 10.1 Å². The highest BCUT2D eigenvalue weighted by atomic mass is 16.6. The standard InChI is InChI=1S/C11H13N3O2/c1-7-5-4-6-12-9(7)10-13-16-8(2)11(15)14(10)3/h4-6,8H,1-3H3. The van der Waals surface area contributed by atoms with E-state index in [1.54, 1.807) is 20.2 Å². The maximum Gasteiger partial charge on any atom is 0.271 e. The van der Waals surface area contributed by atoms with Crippen LogP contribution in [0.3, 0.4) is 0 Å². The molecule has 1 aromatic heterocycles. The van der Waals surface area contributed by atoms with Crippen molar-refractivity contribution in [1.29, 1.82) is 0 Å². The van der Waals surface area contributed by atoms with E-state index in [1.165, 1.54) is 4.90 Å². The maximum absolute atomic E-state index is 11.7. The highest BCUT2D eigenvalue weighted by Crippen LogP contribution is 2.14. The molecule has 0 bridgehead atoms. The van der Waals surface area contributed by atoms with Crippen molar-refractivity contribution in [3.05, 3.63) is 29.6 Å². The van der Waals surface area contributed by atoms with Gasteiger partial charge in [-0.05, 0) is 25.5 Å². The number of hydrogen-bond donors (Lipinski definition) is 0. The molecule has 84 valence electrons. The van der Waals surface area contributed by atoms with Crippen LogP contribution in [-0.2, 0) is 9.63 Å². The molecule has 0 spiro atoms. The number of hydrogen-bond acceptors (Lipinski definition) is 4. The molecule has 1 aliphatic heterocycles. The van der Waals surface area contributed by atoms with Gasteiger partial charge in [-0.15, -0.1) is 0 Å². The molecule has 2 rings (SSSR count). The van der Waals surface area contributed by atoms with E-state index < -0.39 is 6.10 Å². The Balaban J connectivity index is 2.42. The summed E-state index contributed by atoms with van der Waals surface area (Å²) in [7, 11) is 1.67. The molecule has 0 aromatic carbocycles. The molecule has 0 aliphatic carbocycles. The van der Waals surface area contributed by atoms with Crippen LogP contribution in [0.15, 0.2) is 23.5 Å². The highest BCUT2D eigenvalue weighted by molar-refractivity contribution is 6.08. The van der Waals surface area contributed by atoms with Gasteiger partial charge < -0.3 is 4.84 Å². The predicted octanol–water partition coefficient (Wildman–Crippen LogP) is 0.929. The summed E-state index contributed by atoms with van der Waals surface area (Å²) in [6, 6.07) is 3.76. The number of nitrogens with zero attached hydrogens (tertiary/aromatic N) is 3. The average molecular weight is 219 g/mol. The van der Waals surface area contributed by atoms with Gasteiger partial charge in [-0.1, -0.05) is 11.2 Å². The van der Waals surface area contributed by atoms with Gasteiger partial charge in [-0.3, -0.25) is 14.7 Å². The monoisotopic (exact) mass is 219 g/mol. The van der Waals surface area contributed by atoms with Crippen molar-refractivity contribution in [3.8, 4) is 0 Å². The third kappa shape index (κ3) is 1.64. The predicted molar refractivity (Wildman–Crippen MR) is 58.8 cm³/mol. The van der Waals surface area contributed by atoms with E-state index in [-0.39, 0.29) is 5.91 Å². The van der Waals surface area contributed by atoms with Crippen LogP contribution < -0.4 is 0 Å². The molecule has 2 heterocycles. The Kier molecular flexibility index (Phi) is 2.60. The number of amidine groups is 1. The molecular formula is C11H13N3O2. The first-order valence-corrected chi connectivity index (χ1v) is 5.04. The van der Waals surface area contributed by atoms with Crippen molar-refractivity contribution in [3.63, 3.8) is 0 Å². The Morgan fingerprint density at radius 2 is 2.25 bits per heavy atom. The van der Waals surface area contributed by atoms with Crippen LogP contribution in [0.4, 0.5) is 0 Å². The molecule has 1 unspecified atom stereocenters. The molecular weight excluding hydrogens is 206 g/mol. The van der Waals surface area contributed by atoms with Gasteiger partial charge in [0.05, 0.1) is 0 Å². The van der Waals surface area contributed by atoms with E-state index in [0.29, 0.717) is 11.5 Å². The Bertz CT molecular complexity index is 456. The zero-order chi connectivity index (χ0) is 11.7. The van der Waals surface area contributed by atoms with Gasteiger partial charge in [-0.2, -0.15) is 0 Å². The number of carbonyl (C=O) groups is 1. The van der Waals surface area contributed by atoms with Crippen molar-refractivity contribution in [2.45, 2.75) is 20.0 Å². The van der Waals surface area contributed by atoms with E-state index >= 15 is 0 Å². The summed E-state index contributed by atoms with van der Waals surface area (Å²) in [6.45, 7) is 3.59. The van der Waals surface area contributed by atoms with Gasteiger partial charge >= 0.3 is 0 Å². The largest absolute Gasteiger partial charge is 0.381 e. The third-order valence-corrected chi connectivity index (χ3v) is 2.51. The summed E-state index contributed by atoms with van der Waals surface area (Å²) in [5.74, 6) is 0.344. The molecule has 0 N–H and O–H groups in total. The van der Waals surface area contributed by atoms with E-state index in [9.17, 15) is 4.79 Å². The summed E-state index contributed by atoms with van der Waals surface area (Å²) in [5, 5.41) is 3.93. The number of aromatic nitrogens is 1. The van der Waals surface area contributed by atoms with Gasteiger partial charge in [0, 0.05) is 13.2 Å². The Morgan fingerprint density at radius 1 is 1.50 bits per heavy atom. The number of aryl methyl sites for hydroxylation is 1. The number of carbonyl (C=O) groups excluding carboxylic acids is 1. The zero-order valence-corrected chi connectivity index (χ0v) is 9.47. The van der Waals surface area contributed by atoms with Crippen molar-refractivity contribution < 1.29 is 9.63 Å². The van der Waals surface area contributed by atoms with Crippen LogP contribution in [0.5, 0.6) is 0 Å². The smallest absolute Gasteiger partial charge is 0.271 e. The third-order valence-electron chi connectivity index (χ3n) is 2.51. The van der Waals surface area contributed by atoms with Crippen LogP contribution in [0.2, 0.25) is 0 Å². The number of oxime groups is 1. The number of amides is 1. The molecule has 0 saturated heterocycles. The SMILES string of the molecule is Cc1cccnc1C1=NOC(C)C(=O)N1C. The highest BCUT2D eigenvalue weighted by Gasteiger charge is 2.29. The van der Waals surface area contributed by atoms with Crippen molar-refractivity contribution in [1.82, 2.24) is 9.88 Å². The van der Waals surface area contributed by atoms with E-state index in [0.717, 1.165) is 5.56 Å². The number of pyridine rings is 1. The van der Waals surface area contributed by atoms with Crippen LogP contribution >= 0.6 is 0 Å². The molecule has 1 aromatic rings. The van der Waals surface area contributed by atoms with Crippen LogP contribution in [0, 0.1) is 6.92 Å². The second-order valence-corrected chi connectivity index (χ2v) is 3.73. The number of rotatable bonds is 1. The summed E-state index contributed by atoms with van der Waals surface area (Å²) in [5.41, 5.74) is 1.63. The van der Waals surface area contributed by atoms with E-state index in [4.69, 9.17) is 4.84 Å². The second-order valence-electron chi connectivity index (χ2n) is 3.73. The maximum atomic E-state index is 11.7. The quantitative estimate of drug-likeness (QED) is 0.706. The molecule has 0 fully saturated rings. The molecule has 5 nitrogen and oxygen atoms in total. The van der Waals surface area contributed by atoms with Crippen LogP contribution in [0.25, 0.3) is 0 Å². The summed E-state index contributed by atoms with van der Waals surface area (Å²) >= 11 is 0. The summed E-state index contributed by atoms with van der Waals surface area (Å²) < 4.78 is 0. The van der Waals surface area contributed by atoms with Gasteiger partial charge in [0.1, 0.15) is 5.69 Å². The Hall–Kier alpha value is -1.91. The van der Waals surface area contributed by atoms with Crippen molar-refractivity contribution in [2.75, 3.05) is 7.05 Å². The van der Waals surface area contributed by atoms with Crippen LogP contribution in [-0.4, -0.2) is 34.8 Å². The Morgan fingerprint density at radius 3 is 2.94 bits per heavy atom. The lowest BCUT2D eigenvalue weighted by molar-refractivity contribution is -0.140. The fraction of sp³-hybridized carbons (Fsp3) is 0.364. The molecule has 1 atom stereocenters. The second kappa shape index (κ2) is 3.92. The molecule has 16 heavy (non-hydrogen) atoms. The normalized spacial score (nSPS) is 20.4. The van der Waals surface area contributed by atoms with Crippen LogP contribution in [0.1, 0.15) is 18.2 Å². The lowest BCUT2D eigenvalue weighted by Gasteiger charge is -2.26. The lowest BCUT2D eigenvalue weighted by Crippen LogP contribution is -2.44. The Labute approximate surface area is 93.7 Å². The fourth-order valence-corrected chi connectivity index (χ4v) is 1.53. The fourth-order valence-electron chi connectivity index (χ4n) is 1.53. The van der Waals surface area contributed by atoms with Crippen molar-refractivity contribution in [2.24, 2.45) is 5.16 Å². The average Bonchev–Trinajstić information content (AvgIpc) is 2.28. The van der Waals surface area contributed by atoms with Gasteiger partial charge in [-0.25, -0.2) is 0 Å². The topological polar surface area (TPSA) is 54.8 Å². The molecule has 1 aliphatic rings. The minimum absolute atomic E-state index is 0.116. The molecule has 1 amide bonds. The minimum atomic E-state index is -0.530. The summed E-state index contributed by atoms with van der Waals surface area (Å²) in [6.07, 6.45) is 1.14. The minimum Gasteiger partial charge on any atom is -0.381 e. The van der Waals surface area contributed by atoms with Gasteiger partial charge in [0.25, 0.3) is 5.91 Å². The lowest BCUT2D eigenvalue weighted by atomic mass is 10.2. The molecule has 0 radical (unpaired) electrons.